The lowest BCUT2D eigenvalue weighted by atomic mass is 10.1. The van der Waals surface area contributed by atoms with Gasteiger partial charge in [-0.25, -0.2) is 9.97 Å². The van der Waals surface area contributed by atoms with E-state index in [1.165, 1.54) is 37.3 Å². The molecule has 0 spiro atoms. The van der Waals surface area contributed by atoms with Crippen molar-refractivity contribution >= 4 is 156 Å². The molecule has 0 aliphatic rings. The summed E-state index contributed by atoms with van der Waals surface area (Å²) in [5, 5.41) is 48.2. The molecule has 0 aliphatic carbocycles. The van der Waals surface area contributed by atoms with Gasteiger partial charge >= 0.3 is 10.6 Å². The summed E-state index contributed by atoms with van der Waals surface area (Å²) in [7, 11) is -25.1. The largest absolute Gasteiger partial charge is 0.495 e. The predicted molar refractivity (Wildman–Crippen MR) is 300 cm³/mol. The smallest absolute Gasteiger partial charge is 0.425 e. The van der Waals surface area contributed by atoms with E-state index in [2.05, 4.69) is 40.7 Å². The van der Waals surface area contributed by atoms with Gasteiger partial charge in [0.2, 0.25) is 11.0 Å². The Balaban J connectivity index is 0.00000245. The van der Waals surface area contributed by atoms with Crippen molar-refractivity contribution in [2.45, 2.75) is 53.2 Å². The van der Waals surface area contributed by atoms with Gasteiger partial charge in [-0.3, -0.25) is 27.2 Å². The number of thioether (sulfide) groups is 1. The summed E-state index contributed by atoms with van der Waals surface area (Å²) >= 11 is 1.90. The normalized spacial score (nSPS) is 12.7. The summed E-state index contributed by atoms with van der Waals surface area (Å²) in [5.41, 5.74) is 0.757. The molecule has 0 amide bonds. The van der Waals surface area contributed by atoms with Crippen LogP contribution in [0.2, 0.25) is 0 Å². The highest BCUT2D eigenvalue weighted by Crippen LogP contribution is 2.45. The molecule has 0 saturated carbocycles. The number of fused-ring (bicyclic) bond motifs is 6. The van der Waals surface area contributed by atoms with Crippen LogP contribution >= 0.6 is 23.1 Å². The Morgan fingerprint density at radius 1 is 0.690 bits per heavy atom. The second kappa shape index (κ2) is 24.9. The Morgan fingerprint density at radius 2 is 1.29 bits per heavy atom. The van der Waals surface area contributed by atoms with E-state index in [4.69, 9.17) is 22.1 Å². The number of ether oxygens (including phenoxy) is 2. The van der Waals surface area contributed by atoms with E-state index in [0.717, 1.165) is 58.9 Å². The first-order valence-corrected chi connectivity index (χ1v) is 33.3. The maximum atomic E-state index is 12.5. The van der Waals surface area contributed by atoms with Crippen molar-refractivity contribution in [2.75, 3.05) is 31.0 Å². The second-order valence-corrected chi connectivity index (χ2v) is 27.3. The highest BCUT2D eigenvalue weighted by molar-refractivity contribution is 7.99. The summed E-state index contributed by atoms with van der Waals surface area (Å²) in [4.78, 5) is 7.23. The summed E-state index contributed by atoms with van der Waals surface area (Å²) in [6, 6.07) is 14.6. The molecule has 6 N–H and O–H groups in total. The minimum Gasteiger partial charge on any atom is -0.495 e. The third-order valence-corrected chi connectivity index (χ3v) is 17.9. The maximum Gasteiger partial charge on any atom is 0.425 e. The van der Waals surface area contributed by atoms with Crippen LogP contribution in [0.1, 0.15) is 35.1 Å². The van der Waals surface area contributed by atoms with Crippen molar-refractivity contribution in [1.82, 2.24) is 14.4 Å². The molecule has 0 saturated heterocycles. The highest BCUT2D eigenvalue weighted by atomic mass is 32.2. The number of imidazole rings is 1. The van der Waals surface area contributed by atoms with Crippen LogP contribution in [-0.2, 0) is 61.2 Å². The quantitative estimate of drug-likeness (QED) is 0.0180. The van der Waals surface area contributed by atoms with Crippen molar-refractivity contribution in [1.29, 1.82) is 5.26 Å². The lowest BCUT2D eigenvalue weighted by Crippen LogP contribution is -2.08. The van der Waals surface area contributed by atoms with Gasteiger partial charge in [0.25, 0.3) is 50.6 Å². The molecule has 0 aliphatic heterocycles. The van der Waals surface area contributed by atoms with Gasteiger partial charge in [0.05, 0.1) is 62.9 Å². The van der Waals surface area contributed by atoms with Crippen molar-refractivity contribution in [3.05, 3.63) is 82.9 Å². The third kappa shape index (κ3) is 15.2. The van der Waals surface area contributed by atoms with E-state index >= 15 is 0 Å². The summed E-state index contributed by atoms with van der Waals surface area (Å²) in [5.74, 6) is -2.09. The van der Waals surface area contributed by atoms with Gasteiger partial charge in [-0.15, -0.1) is 50.0 Å². The Morgan fingerprint density at radius 3 is 1.89 bits per heavy atom. The number of nitrogens with zero attached hydrogens (tertiary/aromatic N) is 10. The fraction of sp³-hybridized carbons (Fsp3) is 0.222. The van der Waals surface area contributed by atoms with Crippen molar-refractivity contribution in [3.63, 3.8) is 0 Å². The number of azo groups is 3. The molecule has 8 rings (SSSR count). The Bertz CT molecular complexity index is 4890. The number of benzene rings is 5. The van der Waals surface area contributed by atoms with E-state index in [0.29, 0.717) is 16.0 Å². The third-order valence-electron chi connectivity index (χ3n) is 11.6. The summed E-state index contributed by atoms with van der Waals surface area (Å²) < 4.78 is 205. The van der Waals surface area contributed by atoms with Gasteiger partial charge in [0.1, 0.15) is 44.1 Å². The lowest BCUT2D eigenvalue weighted by Gasteiger charge is -2.12. The molecular formula is C45H40N10O21S8. The van der Waals surface area contributed by atoms with Crippen LogP contribution in [0.4, 0.5) is 33.6 Å². The number of aromatic hydroxyl groups is 1. The number of pyridine rings is 1. The number of thiazole rings is 1. The molecule has 39 heteroatoms. The number of aryl methyl sites for hydroxylation is 2. The molecule has 5 aromatic carbocycles. The molecule has 31 nitrogen and oxygen atoms in total. The van der Waals surface area contributed by atoms with Gasteiger partial charge in [0.15, 0.2) is 11.3 Å². The van der Waals surface area contributed by atoms with Gasteiger partial charge in [-0.2, -0.15) is 52.5 Å². The maximum absolute atomic E-state index is 12.5. The zero-order valence-corrected chi connectivity index (χ0v) is 49.6. The number of rotatable bonds is 20. The van der Waals surface area contributed by atoms with Gasteiger partial charge in [0, 0.05) is 28.0 Å². The fourth-order valence-electron chi connectivity index (χ4n) is 7.85. The Kier molecular flexibility index (Phi) is 19.0. The second-order valence-electron chi connectivity index (χ2n) is 17.4. The van der Waals surface area contributed by atoms with E-state index in [1.54, 1.807) is 19.9 Å². The van der Waals surface area contributed by atoms with Crippen molar-refractivity contribution < 1.29 is 92.1 Å². The average Bonchev–Trinajstić information content (AvgIpc) is 1.70. The van der Waals surface area contributed by atoms with E-state index in [1.807, 2.05) is 6.07 Å². The first-order valence-electron chi connectivity index (χ1n) is 23.0. The van der Waals surface area contributed by atoms with Crippen LogP contribution in [0.25, 0.3) is 37.7 Å². The zero-order chi connectivity index (χ0) is 62.0. The summed E-state index contributed by atoms with van der Waals surface area (Å²) in [6.45, 7) is 4.39. The van der Waals surface area contributed by atoms with Gasteiger partial charge in [-0.1, -0.05) is 17.4 Å². The van der Waals surface area contributed by atoms with Crippen LogP contribution in [0.15, 0.2) is 111 Å². The zero-order valence-electron chi connectivity index (χ0n) is 43.1. The molecule has 8 aromatic rings. The molecule has 0 fully saturated rings. The van der Waals surface area contributed by atoms with Crippen molar-refractivity contribution in [3.8, 4) is 23.4 Å². The SMILES string of the molecule is COc1cc2c(cc1S(=O)(=O)O)nc1c(C#N)c(C)c(N=Nc3cc(C)c(N=Nc4cc(C)c(N=Nc5nc6c(S(=O)(=O)O)cc7ccc(S(=O)(=O)O)cc7c6s5)cc4SCCCS(=O)(=O)O)cc3OCCCS(=O)(=O)O)c(O)n12.O=S(=O)=O. The van der Waals surface area contributed by atoms with Crippen LogP contribution in [-0.4, -0.2) is 128 Å². The van der Waals surface area contributed by atoms with Crippen LogP contribution in [0.3, 0.4) is 0 Å². The number of nitriles is 1. The topological polar surface area (TPSA) is 490 Å². The van der Waals surface area contributed by atoms with Crippen molar-refractivity contribution in [2.24, 2.45) is 30.7 Å². The molecule has 3 heterocycles. The summed E-state index contributed by atoms with van der Waals surface area (Å²) in [6.07, 6.45) is -0.207. The lowest BCUT2D eigenvalue weighted by molar-refractivity contribution is 0.317. The van der Waals surface area contributed by atoms with E-state index in [9.17, 15) is 75.2 Å². The van der Waals surface area contributed by atoms with E-state index in [-0.39, 0.29) is 119 Å². The predicted octanol–water partition coefficient (Wildman–Crippen LogP) is 8.77. The first kappa shape index (κ1) is 64.0. The Labute approximate surface area is 485 Å². The molecule has 0 atom stereocenters. The number of hydrogen-bond donors (Lipinski definition) is 6. The van der Waals surface area contributed by atoms with Gasteiger partial charge < -0.3 is 14.6 Å². The monoisotopic (exact) mass is 1310 g/mol. The number of methoxy groups -OCH3 is 1. The molecular weight excluding hydrogens is 1270 g/mol. The molecule has 84 heavy (non-hydrogen) atoms. The Hall–Kier alpha value is -7.59. The number of hydrogen-bond acceptors (Lipinski definition) is 27. The molecule has 0 radical (unpaired) electrons. The molecule has 0 unspecified atom stereocenters. The molecule has 3 aromatic heterocycles. The van der Waals surface area contributed by atoms with Gasteiger partial charge in [-0.05, 0) is 98.3 Å². The molecule has 444 valence electrons. The number of aromatic nitrogens is 3. The van der Waals surface area contributed by atoms with Crippen LogP contribution in [0, 0.1) is 32.1 Å². The van der Waals surface area contributed by atoms with E-state index < -0.39 is 93.3 Å². The van der Waals surface area contributed by atoms with Crippen LogP contribution < -0.4 is 9.47 Å². The van der Waals surface area contributed by atoms with Crippen LogP contribution in [0.5, 0.6) is 17.4 Å². The fourth-order valence-corrected chi connectivity index (χ4v) is 12.8. The minimum atomic E-state index is -4.88. The average molecular weight is 1310 g/mol. The standard InChI is InChI=1S/C45H40N10O18S7.O3S/c1-22-13-32(51-53-40-24(3)28(21-46)43-47-31-19-38(79(66,67)68)36(72-4)20-34(31)55(43)44(40)56)35(73-9-5-11-76(57,58)59)17-29(22)49-52-33-14-23(2)30(18-37(33)74-10-6-12-77(60,61)62)50-54-45-48-41-39(80(69,70)71)15-25-7-8-26(78(63,64)65)16-27(25)42(41)75-45;1-4(2)3/h7-8,13-20,56H,5-6,9-12H2,1-4H3,(H,57,58,59)(H,60,61,62)(H,63,64,65)(H,66,67,68)(H,69,70,71);. The highest BCUT2D eigenvalue weighted by Gasteiger charge is 2.26. The first-order chi connectivity index (χ1) is 39.1. The minimum absolute atomic E-state index is 0.0121. The molecule has 0 bridgehead atoms.